The van der Waals surface area contributed by atoms with E-state index in [4.69, 9.17) is 5.73 Å². The van der Waals surface area contributed by atoms with Crippen LogP contribution in [0.25, 0.3) is 0 Å². The van der Waals surface area contributed by atoms with Crippen LogP contribution in [0.5, 0.6) is 0 Å². The average Bonchev–Trinajstić information content (AvgIpc) is 2.51. The molecule has 5 nitrogen and oxygen atoms in total. The fourth-order valence-electron chi connectivity index (χ4n) is 1.63. The third kappa shape index (κ3) is 2.47. The molecule has 0 saturated carbocycles. The molecule has 4 N–H and O–H groups in total. The topological polar surface area (TPSA) is 76.1 Å². The van der Waals surface area contributed by atoms with E-state index >= 15 is 0 Å². The Morgan fingerprint density at radius 3 is 2.50 bits per heavy atom. The number of nitrogens with zero attached hydrogens (tertiary/aromatic N) is 2. The maximum absolute atomic E-state index is 9.27. The van der Waals surface area contributed by atoms with Gasteiger partial charge in [-0.1, -0.05) is 20.8 Å². The minimum Gasteiger partial charge on any atom is -0.394 e. The zero-order chi connectivity index (χ0) is 12.3. The Balaban J connectivity index is 2.91. The summed E-state index contributed by atoms with van der Waals surface area (Å²) in [6, 6.07) is 0.00223. The Morgan fingerprint density at radius 1 is 1.50 bits per heavy atom. The normalized spacial score (nSPS) is 13.1. The summed E-state index contributed by atoms with van der Waals surface area (Å²) in [6.45, 7) is 6.22. The molecule has 5 heteroatoms. The first kappa shape index (κ1) is 12.8. The molecule has 1 aromatic rings. The van der Waals surface area contributed by atoms with Crippen LogP contribution in [0.1, 0.15) is 26.5 Å². The van der Waals surface area contributed by atoms with Crippen LogP contribution in [0.15, 0.2) is 0 Å². The SMILES string of the molecule is CCc1nn(C)c(NC(CO)C(C)C)c1N. The summed E-state index contributed by atoms with van der Waals surface area (Å²) in [5.74, 6) is 1.13. The van der Waals surface area contributed by atoms with Crippen LogP contribution in [0, 0.1) is 5.92 Å². The molecule has 0 fully saturated rings. The number of aryl methyl sites for hydroxylation is 2. The summed E-state index contributed by atoms with van der Waals surface area (Å²) in [7, 11) is 1.85. The highest BCUT2D eigenvalue weighted by Gasteiger charge is 2.17. The molecule has 0 amide bonds. The van der Waals surface area contributed by atoms with Crippen molar-refractivity contribution in [3.05, 3.63) is 5.69 Å². The number of hydrogen-bond acceptors (Lipinski definition) is 4. The van der Waals surface area contributed by atoms with Gasteiger partial charge in [0.25, 0.3) is 0 Å². The van der Waals surface area contributed by atoms with Crippen molar-refractivity contribution in [1.82, 2.24) is 9.78 Å². The van der Waals surface area contributed by atoms with Gasteiger partial charge in [-0.25, -0.2) is 0 Å². The zero-order valence-corrected chi connectivity index (χ0v) is 10.5. The van der Waals surface area contributed by atoms with Crippen LogP contribution in [0.2, 0.25) is 0 Å². The number of aliphatic hydroxyl groups is 1. The van der Waals surface area contributed by atoms with Crippen LogP contribution in [-0.2, 0) is 13.5 Å². The van der Waals surface area contributed by atoms with Gasteiger partial charge in [-0.15, -0.1) is 0 Å². The van der Waals surface area contributed by atoms with Crippen molar-refractivity contribution >= 4 is 11.5 Å². The fourth-order valence-corrected chi connectivity index (χ4v) is 1.63. The molecular weight excluding hydrogens is 204 g/mol. The molecule has 0 aliphatic rings. The highest BCUT2D eigenvalue weighted by atomic mass is 16.3. The number of hydrogen-bond donors (Lipinski definition) is 3. The summed E-state index contributed by atoms with van der Waals surface area (Å²) in [5, 5.41) is 16.8. The second-order valence-corrected chi connectivity index (χ2v) is 4.36. The first-order valence-electron chi connectivity index (χ1n) is 5.69. The third-order valence-electron chi connectivity index (χ3n) is 2.82. The van der Waals surface area contributed by atoms with Gasteiger partial charge in [-0.2, -0.15) is 5.10 Å². The molecule has 0 aromatic carbocycles. The molecule has 1 rings (SSSR count). The molecule has 0 aliphatic carbocycles. The first-order valence-corrected chi connectivity index (χ1v) is 5.69. The highest BCUT2D eigenvalue weighted by molar-refractivity contribution is 5.65. The van der Waals surface area contributed by atoms with Crippen LogP contribution in [0.4, 0.5) is 11.5 Å². The maximum atomic E-state index is 9.27. The summed E-state index contributed by atoms with van der Waals surface area (Å²) in [6.07, 6.45) is 0.812. The van der Waals surface area contributed by atoms with Crippen molar-refractivity contribution in [2.75, 3.05) is 17.7 Å². The third-order valence-corrected chi connectivity index (χ3v) is 2.82. The van der Waals surface area contributed by atoms with Crippen molar-refractivity contribution in [2.24, 2.45) is 13.0 Å². The van der Waals surface area contributed by atoms with Crippen LogP contribution < -0.4 is 11.1 Å². The van der Waals surface area contributed by atoms with E-state index in [0.717, 1.165) is 17.9 Å². The molecule has 92 valence electrons. The number of rotatable bonds is 5. The van der Waals surface area contributed by atoms with Crippen molar-refractivity contribution in [3.8, 4) is 0 Å². The summed E-state index contributed by atoms with van der Waals surface area (Å²) in [4.78, 5) is 0. The number of aromatic nitrogens is 2. The van der Waals surface area contributed by atoms with Crippen molar-refractivity contribution in [1.29, 1.82) is 0 Å². The number of nitrogen functional groups attached to an aromatic ring is 1. The second-order valence-electron chi connectivity index (χ2n) is 4.36. The Kier molecular flexibility index (Phi) is 4.18. The van der Waals surface area contributed by atoms with E-state index in [9.17, 15) is 5.11 Å². The van der Waals surface area contributed by atoms with Gasteiger partial charge in [0.05, 0.1) is 24.0 Å². The van der Waals surface area contributed by atoms with Gasteiger partial charge >= 0.3 is 0 Å². The molecule has 1 aromatic heterocycles. The van der Waals surface area contributed by atoms with Gasteiger partial charge in [-0.05, 0) is 12.3 Å². The van der Waals surface area contributed by atoms with E-state index in [1.54, 1.807) is 4.68 Å². The molecule has 1 heterocycles. The largest absolute Gasteiger partial charge is 0.394 e. The second kappa shape index (κ2) is 5.21. The van der Waals surface area contributed by atoms with Gasteiger partial charge in [0.1, 0.15) is 5.82 Å². The van der Waals surface area contributed by atoms with Crippen molar-refractivity contribution in [2.45, 2.75) is 33.2 Å². The molecule has 1 atom stereocenters. The van der Waals surface area contributed by atoms with E-state index < -0.39 is 0 Å². The molecule has 0 radical (unpaired) electrons. The van der Waals surface area contributed by atoms with Gasteiger partial charge < -0.3 is 16.2 Å². The number of aliphatic hydroxyl groups excluding tert-OH is 1. The molecule has 1 unspecified atom stereocenters. The van der Waals surface area contributed by atoms with Crippen LogP contribution in [-0.4, -0.2) is 27.5 Å². The van der Waals surface area contributed by atoms with Gasteiger partial charge in [0.2, 0.25) is 0 Å². The minimum absolute atomic E-state index is 0.00223. The van der Waals surface area contributed by atoms with E-state index in [0.29, 0.717) is 11.6 Å². The quantitative estimate of drug-likeness (QED) is 0.700. The Labute approximate surface area is 96.6 Å². The minimum atomic E-state index is 0.00223. The van der Waals surface area contributed by atoms with Crippen molar-refractivity contribution in [3.63, 3.8) is 0 Å². The predicted molar refractivity (Wildman–Crippen MR) is 66.3 cm³/mol. The molecule has 0 saturated heterocycles. The first-order chi connectivity index (χ1) is 7.51. The molecular formula is C11H22N4O. The summed E-state index contributed by atoms with van der Waals surface area (Å²) in [5.41, 5.74) is 7.57. The summed E-state index contributed by atoms with van der Waals surface area (Å²) < 4.78 is 1.74. The lowest BCUT2D eigenvalue weighted by Crippen LogP contribution is -2.30. The predicted octanol–water partition coefficient (Wildman–Crippen LogP) is 0.993. The molecule has 0 bridgehead atoms. The van der Waals surface area contributed by atoms with Gasteiger partial charge in [0, 0.05) is 7.05 Å². The lowest BCUT2D eigenvalue weighted by atomic mass is 10.1. The number of anilines is 2. The smallest absolute Gasteiger partial charge is 0.148 e. The zero-order valence-electron chi connectivity index (χ0n) is 10.5. The Hall–Kier alpha value is -1.23. The average molecular weight is 226 g/mol. The van der Waals surface area contributed by atoms with E-state index in [2.05, 4.69) is 24.3 Å². The van der Waals surface area contributed by atoms with Gasteiger partial charge in [0.15, 0.2) is 0 Å². The maximum Gasteiger partial charge on any atom is 0.148 e. The van der Waals surface area contributed by atoms with E-state index in [1.165, 1.54) is 0 Å². The summed E-state index contributed by atoms with van der Waals surface area (Å²) >= 11 is 0. The fraction of sp³-hybridized carbons (Fsp3) is 0.727. The number of nitrogens with two attached hydrogens (primary N) is 1. The van der Waals surface area contributed by atoms with Crippen LogP contribution >= 0.6 is 0 Å². The molecule has 0 aliphatic heterocycles. The monoisotopic (exact) mass is 226 g/mol. The van der Waals surface area contributed by atoms with Gasteiger partial charge in [-0.3, -0.25) is 4.68 Å². The molecule has 0 spiro atoms. The van der Waals surface area contributed by atoms with Crippen molar-refractivity contribution < 1.29 is 5.11 Å². The molecule has 16 heavy (non-hydrogen) atoms. The lowest BCUT2D eigenvalue weighted by molar-refractivity contribution is 0.248. The Morgan fingerprint density at radius 2 is 2.12 bits per heavy atom. The standard InChI is InChI=1S/C11H22N4O/c1-5-8-10(12)11(15(4)14-8)13-9(6-16)7(2)3/h7,9,13,16H,5-6,12H2,1-4H3. The highest BCUT2D eigenvalue weighted by Crippen LogP contribution is 2.24. The number of nitrogens with one attached hydrogen (secondary N) is 1. The lowest BCUT2D eigenvalue weighted by Gasteiger charge is -2.21. The van der Waals surface area contributed by atoms with E-state index in [-0.39, 0.29) is 12.6 Å². The van der Waals surface area contributed by atoms with E-state index in [1.807, 2.05) is 14.0 Å². The van der Waals surface area contributed by atoms with Crippen LogP contribution in [0.3, 0.4) is 0 Å². The Bertz CT molecular complexity index is 346.